The van der Waals surface area contributed by atoms with Gasteiger partial charge in [0.05, 0.1) is 0 Å². The van der Waals surface area contributed by atoms with Crippen LogP contribution in [0.2, 0.25) is 0 Å². The Morgan fingerprint density at radius 2 is 1.69 bits per heavy atom. The summed E-state index contributed by atoms with van der Waals surface area (Å²) < 4.78 is 4.50. The first-order chi connectivity index (χ1) is 6.20. The monoisotopic (exact) mass is 186 g/mol. The molecule has 0 N–H and O–H groups in total. The number of carbonyl (C=O) groups excluding carboxylic acids is 2. The minimum Gasteiger partial charge on any atom is -0.393 e. The number of hydrogen-bond acceptors (Lipinski definition) is 3. The lowest BCUT2D eigenvalue weighted by atomic mass is 10.2. The van der Waals surface area contributed by atoms with Crippen molar-refractivity contribution < 1.29 is 14.3 Å². The first kappa shape index (κ1) is 12.1. The van der Waals surface area contributed by atoms with Crippen molar-refractivity contribution in [3.05, 3.63) is 0 Å². The summed E-state index contributed by atoms with van der Waals surface area (Å²) in [5.41, 5.74) is 0. The van der Waals surface area contributed by atoms with Gasteiger partial charge >= 0.3 is 11.9 Å². The van der Waals surface area contributed by atoms with E-state index in [1.165, 1.54) is 0 Å². The fraction of sp³-hybridized carbons (Fsp3) is 0.800. The molecule has 76 valence electrons. The normalized spacial score (nSPS) is 9.69. The number of ether oxygens (including phenoxy) is 1. The quantitative estimate of drug-likeness (QED) is 0.363. The van der Waals surface area contributed by atoms with Gasteiger partial charge in [0.25, 0.3) is 0 Å². The van der Waals surface area contributed by atoms with Crippen molar-refractivity contribution in [2.24, 2.45) is 0 Å². The zero-order chi connectivity index (χ0) is 10.1. The van der Waals surface area contributed by atoms with Crippen molar-refractivity contribution in [3.8, 4) is 0 Å². The lowest BCUT2D eigenvalue weighted by Crippen LogP contribution is -2.10. The van der Waals surface area contributed by atoms with E-state index in [2.05, 4.69) is 11.7 Å². The molecule has 0 aromatic rings. The van der Waals surface area contributed by atoms with Crippen LogP contribution < -0.4 is 0 Å². The summed E-state index contributed by atoms with van der Waals surface area (Å²) in [6.45, 7) is 3.78. The van der Waals surface area contributed by atoms with Crippen molar-refractivity contribution in [2.45, 2.75) is 52.4 Å². The maximum Gasteiger partial charge on any atom is 0.313 e. The zero-order valence-electron chi connectivity index (χ0n) is 8.47. The fourth-order valence-corrected chi connectivity index (χ4v) is 0.946. The Morgan fingerprint density at radius 3 is 2.23 bits per heavy atom. The number of esters is 2. The van der Waals surface area contributed by atoms with Crippen molar-refractivity contribution >= 4 is 11.9 Å². The van der Waals surface area contributed by atoms with Gasteiger partial charge in [0.15, 0.2) is 0 Å². The van der Waals surface area contributed by atoms with E-state index >= 15 is 0 Å². The van der Waals surface area contributed by atoms with Gasteiger partial charge in [0, 0.05) is 12.8 Å². The van der Waals surface area contributed by atoms with Crippen molar-refractivity contribution in [2.75, 3.05) is 0 Å². The molecule has 0 fully saturated rings. The second-order valence-corrected chi connectivity index (χ2v) is 3.01. The maximum atomic E-state index is 10.9. The topological polar surface area (TPSA) is 43.4 Å². The van der Waals surface area contributed by atoms with Crippen LogP contribution in [-0.4, -0.2) is 11.9 Å². The summed E-state index contributed by atoms with van der Waals surface area (Å²) in [4.78, 5) is 21.6. The number of unbranched alkanes of at least 4 members (excludes halogenated alkanes) is 3. The third-order valence-electron chi connectivity index (χ3n) is 1.75. The third-order valence-corrected chi connectivity index (χ3v) is 1.75. The van der Waals surface area contributed by atoms with Gasteiger partial charge in [-0.15, -0.1) is 0 Å². The van der Waals surface area contributed by atoms with Crippen LogP contribution in [0.1, 0.15) is 52.4 Å². The molecule has 0 spiro atoms. The smallest absolute Gasteiger partial charge is 0.313 e. The molecule has 0 atom stereocenters. The molecule has 0 aromatic heterocycles. The average molecular weight is 186 g/mol. The number of rotatable bonds is 6. The largest absolute Gasteiger partial charge is 0.393 e. The Kier molecular flexibility index (Phi) is 7.26. The summed E-state index contributed by atoms with van der Waals surface area (Å²) >= 11 is 0. The average Bonchev–Trinajstić information content (AvgIpc) is 2.12. The molecule has 0 radical (unpaired) electrons. The minimum atomic E-state index is -0.430. The molecule has 0 rings (SSSR count). The molecule has 0 heterocycles. The molecule has 0 saturated carbocycles. The summed E-state index contributed by atoms with van der Waals surface area (Å²) in [5, 5.41) is 0. The van der Waals surface area contributed by atoms with Gasteiger partial charge in [-0.05, 0) is 6.42 Å². The van der Waals surface area contributed by atoms with Crippen LogP contribution in [0.5, 0.6) is 0 Å². The van der Waals surface area contributed by atoms with E-state index in [1.54, 1.807) is 6.92 Å². The van der Waals surface area contributed by atoms with Gasteiger partial charge in [-0.2, -0.15) is 0 Å². The van der Waals surface area contributed by atoms with E-state index in [9.17, 15) is 9.59 Å². The molecule has 0 aromatic carbocycles. The van der Waals surface area contributed by atoms with E-state index in [4.69, 9.17) is 0 Å². The Hall–Kier alpha value is -0.860. The molecular weight excluding hydrogens is 168 g/mol. The van der Waals surface area contributed by atoms with E-state index in [0.29, 0.717) is 6.42 Å². The molecule has 0 aliphatic carbocycles. The predicted molar refractivity (Wildman–Crippen MR) is 50.1 cm³/mol. The van der Waals surface area contributed by atoms with Crippen LogP contribution in [0, 0.1) is 0 Å². The van der Waals surface area contributed by atoms with Crippen LogP contribution >= 0.6 is 0 Å². The Morgan fingerprint density at radius 1 is 1.00 bits per heavy atom. The molecule has 0 aliphatic rings. The summed E-state index contributed by atoms with van der Waals surface area (Å²) in [7, 11) is 0. The van der Waals surface area contributed by atoms with Crippen molar-refractivity contribution in [1.29, 1.82) is 0 Å². The van der Waals surface area contributed by atoms with E-state index in [1.807, 2.05) is 0 Å². The number of carbonyl (C=O) groups is 2. The lowest BCUT2D eigenvalue weighted by molar-refractivity contribution is -0.159. The van der Waals surface area contributed by atoms with Crippen LogP contribution in [0.3, 0.4) is 0 Å². The van der Waals surface area contributed by atoms with Crippen molar-refractivity contribution in [3.63, 3.8) is 0 Å². The van der Waals surface area contributed by atoms with Crippen LogP contribution in [-0.2, 0) is 14.3 Å². The summed E-state index contributed by atoms with van der Waals surface area (Å²) in [5.74, 6) is -0.816. The summed E-state index contributed by atoms with van der Waals surface area (Å²) in [6, 6.07) is 0. The second-order valence-electron chi connectivity index (χ2n) is 3.01. The second kappa shape index (κ2) is 7.77. The molecule has 13 heavy (non-hydrogen) atoms. The highest BCUT2D eigenvalue weighted by Crippen LogP contribution is 2.03. The maximum absolute atomic E-state index is 10.9. The molecule has 0 bridgehead atoms. The standard InChI is InChI=1S/C10H18O3/c1-3-5-6-7-8-10(12)13-9(11)4-2/h3-8H2,1-2H3. The van der Waals surface area contributed by atoms with Crippen LogP contribution in [0.25, 0.3) is 0 Å². The van der Waals surface area contributed by atoms with E-state index < -0.39 is 5.97 Å². The van der Waals surface area contributed by atoms with Crippen molar-refractivity contribution in [1.82, 2.24) is 0 Å². The van der Waals surface area contributed by atoms with Gasteiger partial charge in [-0.1, -0.05) is 33.1 Å². The first-order valence-corrected chi connectivity index (χ1v) is 4.94. The van der Waals surface area contributed by atoms with E-state index in [-0.39, 0.29) is 12.4 Å². The molecule has 3 heteroatoms. The minimum absolute atomic E-state index is 0.265. The Bertz CT molecular complexity index is 164. The highest BCUT2D eigenvalue weighted by Gasteiger charge is 2.06. The zero-order valence-corrected chi connectivity index (χ0v) is 8.47. The predicted octanol–water partition coefficient (Wildman–Crippen LogP) is 2.44. The lowest BCUT2D eigenvalue weighted by Gasteiger charge is -2.00. The number of hydrogen-bond donors (Lipinski definition) is 0. The third kappa shape index (κ3) is 7.50. The highest BCUT2D eigenvalue weighted by atomic mass is 16.6. The van der Waals surface area contributed by atoms with Crippen LogP contribution in [0.4, 0.5) is 0 Å². The molecule has 0 unspecified atom stereocenters. The fourth-order valence-electron chi connectivity index (χ4n) is 0.946. The van der Waals surface area contributed by atoms with Gasteiger partial charge in [-0.25, -0.2) is 0 Å². The molecule has 0 aliphatic heterocycles. The Labute approximate surface area is 79.5 Å². The van der Waals surface area contributed by atoms with E-state index in [0.717, 1.165) is 25.7 Å². The molecule has 3 nitrogen and oxygen atoms in total. The van der Waals surface area contributed by atoms with Gasteiger partial charge in [0.2, 0.25) is 0 Å². The summed E-state index contributed by atoms with van der Waals surface area (Å²) in [6.07, 6.45) is 4.76. The highest BCUT2D eigenvalue weighted by molar-refractivity contribution is 5.85. The molecule has 0 saturated heterocycles. The molecular formula is C10H18O3. The van der Waals surface area contributed by atoms with Gasteiger partial charge in [0.1, 0.15) is 0 Å². The Balaban J connectivity index is 3.35. The SMILES string of the molecule is CCCCCCC(=O)OC(=O)CC. The molecule has 0 amide bonds. The van der Waals surface area contributed by atoms with Crippen LogP contribution in [0.15, 0.2) is 0 Å². The first-order valence-electron chi connectivity index (χ1n) is 4.94. The van der Waals surface area contributed by atoms with Gasteiger partial charge in [-0.3, -0.25) is 9.59 Å². The van der Waals surface area contributed by atoms with Gasteiger partial charge < -0.3 is 4.74 Å².